The zero-order valence-electron chi connectivity index (χ0n) is 10.0. The highest BCUT2D eigenvalue weighted by atomic mass is 35.5. The minimum absolute atomic E-state index is 0.0854. The highest BCUT2D eigenvalue weighted by molar-refractivity contribution is 6.31. The van der Waals surface area contributed by atoms with E-state index in [9.17, 15) is 9.18 Å². The summed E-state index contributed by atoms with van der Waals surface area (Å²) >= 11 is 5.90. The van der Waals surface area contributed by atoms with Crippen molar-refractivity contribution in [2.75, 3.05) is 0 Å². The van der Waals surface area contributed by atoms with Gasteiger partial charge in [-0.2, -0.15) is 0 Å². The molecule has 17 heavy (non-hydrogen) atoms. The molecule has 2 N–H and O–H groups in total. The molecule has 0 saturated carbocycles. The van der Waals surface area contributed by atoms with Gasteiger partial charge in [0.15, 0.2) is 5.78 Å². The van der Waals surface area contributed by atoms with E-state index in [1.165, 1.54) is 18.2 Å². The van der Waals surface area contributed by atoms with Gasteiger partial charge in [0.1, 0.15) is 5.82 Å². The molecule has 0 aromatic heterocycles. The molecule has 0 amide bonds. The van der Waals surface area contributed by atoms with E-state index < -0.39 is 11.9 Å². The van der Waals surface area contributed by atoms with Gasteiger partial charge < -0.3 is 5.73 Å². The standard InChI is InChI=1S/C13H17ClFNO/c1-3-8(2)13(16)12(17)7-9-6-10(15)4-5-11(9)14/h4-6,8,13H,3,7,16H2,1-2H3. The summed E-state index contributed by atoms with van der Waals surface area (Å²) < 4.78 is 13.0. The Kier molecular flexibility index (Phi) is 5.09. The van der Waals surface area contributed by atoms with Gasteiger partial charge in [-0.05, 0) is 29.7 Å². The SMILES string of the molecule is CCC(C)C(N)C(=O)Cc1cc(F)ccc1Cl. The Morgan fingerprint density at radius 1 is 1.53 bits per heavy atom. The summed E-state index contributed by atoms with van der Waals surface area (Å²) in [5.41, 5.74) is 6.32. The van der Waals surface area contributed by atoms with Crippen LogP contribution in [0.4, 0.5) is 4.39 Å². The first-order chi connectivity index (χ1) is 7.95. The number of Topliss-reactive ketones (excluding diaryl/α,β-unsaturated/α-hetero) is 1. The molecule has 1 rings (SSSR count). The fourth-order valence-electron chi connectivity index (χ4n) is 1.56. The quantitative estimate of drug-likeness (QED) is 0.881. The van der Waals surface area contributed by atoms with Crippen molar-refractivity contribution < 1.29 is 9.18 Å². The van der Waals surface area contributed by atoms with Crippen LogP contribution in [0, 0.1) is 11.7 Å². The average Bonchev–Trinajstić information content (AvgIpc) is 2.31. The summed E-state index contributed by atoms with van der Waals surface area (Å²) in [7, 11) is 0. The molecule has 0 saturated heterocycles. The monoisotopic (exact) mass is 257 g/mol. The number of nitrogens with two attached hydrogens (primary N) is 1. The first-order valence-electron chi connectivity index (χ1n) is 5.68. The maximum atomic E-state index is 13.0. The van der Waals surface area contributed by atoms with Crippen molar-refractivity contribution in [3.63, 3.8) is 0 Å². The molecule has 0 fully saturated rings. The summed E-state index contributed by atoms with van der Waals surface area (Å²) in [5, 5.41) is 0.399. The van der Waals surface area contributed by atoms with Crippen LogP contribution in [-0.4, -0.2) is 11.8 Å². The van der Waals surface area contributed by atoms with Crippen LogP contribution in [0.15, 0.2) is 18.2 Å². The summed E-state index contributed by atoms with van der Waals surface area (Å²) in [6.07, 6.45) is 0.923. The Balaban J connectivity index is 2.77. The molecule has 2 atom stereocenters. The number of ketones is 1. The van der Waals surface area contributed by atoms with Gasteiger partial charge in [0.2, 0.25) is 0 Å². The van der Waals surface area contributed by atoms with Crippen LogP contribution >= 0.6 is 11.6 Å². The lowest BCUT2D eigenvalue weighted by atomic mass is 9.93. The van der Waals surface area contributed by atoms with Crippen molar-refractivity contribution in [3.8, 4) is 0 Å². The largest absolute Gasteiger partial charge is 0.321 e. The summed E-state index contributed by atoms with van der Waals surface area (Å²) in [5.74, 6) is -0.379. The lowest BCUT2D eigenvalue weighted by molar-refractivity contribution is -0.120. The highest BCUT2D eigenvalue weighted by Crippen LogP contribution is 2.19. The third-order valence-electron chi connectivity index (χ3n) is 3.00. The molecule has 1 aromatic rings. The van der Waals surface area contributed by atoms with Crippen molar-refractivity contribution in [2.45, 2.75) is 32.7 Å². The van der Waals surface area contributed by atoms with Crippen molar-refractivity contribution >= 4 is 17.4 Å². The smallest absolute Gasteiger partial charge is 0.154 e. The lowest BCUT2D eigenvalue weighted by Crippen LogP contribution is -2.37. The molecular formula is C13H17ClFNO. The maximum absolute atomic E-state index is 13.0. The van der Waals surface area contributed by atoms with E-state index in [4.69, 9.17) is 17.3 Å². The van der Waals surface area contributed by atoms with Crippen molar-refractivity contribution in [2.24, 2.45) is 11.7 Å². The van der Waals surface area contributed by atoms with Crippen molar-refractivity contribution in [1.82, 2.24) is 0 Å². The first kappa shape index (κ1) is 14.1. The Morgan fingerprint density at radius 2 is 2.18 bits per heavy atom. The molecule has 2 unspecified atom stereocenters. The van der Waals surface area contributed by atoms with Gasteiger partial charge in [0.05, 0.1) is 6.04 Å². The van der Waals surface area contributed by atoms with E-state index >= 15 is 0 Å². The third-order valence-corrected chi connectivity index (χ3v) is 3.37. The number of carbonyl (C=O) groups is 1. The molecule has 1 aromatic carbocycles. The Bertz CT molecular complexity index is 408. The molecule has 94 valence electrons. The maximum Gasteiger partial charge on any atom is 0.154 e. The zero-order chi connectivity index (χ0) is 13.0. The molecule has 0 aliphatic heterocycles. The molecule has 0 heterocycles. The number of rotatable bonds is 5. The van der Waals surface area contributed by atoms with E-state index in [-0.39, 0.29) is 18.1 Å². The van der Waals surface area contributed by atoms with E-state index in [0.717, 1.165) is 6.42 Å². The molecular weight excluding hydrogens is 241 g/mol. The fourth-order valence-corrected chi connectivity index (χ4v) is 1.74. The summed E-state index contributed by atoms with van der Waals surface area (Å²) in [4.78, 5) is 11.9. The second kappa shape index (κ2) is 6.12. The molecule has 0 aliphatic rings. The molecule has 0 spiro atoms. The van der Waals surface area contributed by atoms with Crippen LogP contribution in [-0.2, 0) is 11.2 Å². The number of hydrogen-bond donors (Lipinski definition) is 1. The van der Waals surface area contributed by atoms with E-state index in [0.29, 0.717) is 10.6 Å². The van der Waals surface area contributed by atoms with Crippen LogP contribution in [0.2, 0.25) is 5.02 Å². The number of hydrogen-bond acceptors (Lipinski definition) is 2. The zero-order valence-corrected chi connectivity index (χ0v) is 10.8. The molecule has 0 aliphatic carbocycles. The second-order valence-corrected chi connectivity index (χ2v) is 4.70. The Hall–Kier alpha value is -0.930. The van der Waals surface area contributed by atoms with Crippen molar-refractivity contribution in [1.29, 1.82) is 0 Å². The highest BCUT2D eigenvalue weighted by Gasteiger charge is 2.20. The van der Waals surface area contributed by atoms with Crippen LogP contribution < -0.4 is 5.73 Å². The summed E-state index contributed by atoms with van der Waals surface area (Å²) in [6.45, 7) is 3.91. The van der Waals surface area contributed by atoms with Crippen LogP contribution in [0.3, 0.4) is 0 Å². The van der Waals surface area contributed by atoms with Crippen LogP contribution in [0.5, 0.6) is 0 Å². The van der Waals surface area contributed by atoms with Gasteiger partial charge >= 0.3 is 0 Å². The predicted octanol–water partition coefficient (Wildman–Crippen LogP) is 2.96. The average molecular weight is 258 g/mol. The first-order valence-corrected chi connectivity index (χ1v) is 6.05. The number of halogens is 2. The number of carbonyl (C=O) groups excluding carboxylic acids is 1. The normalized spacial score (nSPS) is 14.4. The second-order valence-electron chi connectivity index (χ2n) is 4.29. The topological polar surface area (TPSA) is 43.1 Å². The molecule has 0 radical (unpaired) electrons. The lowest BCUT2D eigenvalue weighted by Gasteiger charge is -2.17. The predicted molar refractivity (Wildman–Crippen MR) is 67.6 cm³/mol. The van der Waals surface area contributed by atoms with E-state index in [1.807, 2.05) is 13.8 Å². The Labute approximate surface area is 106 Å². The van der Waals surface area contributed by atoms with Gasteiger partial charge in [0.25, 0.3) is 0 Å². The number of benzene rings is 1. The van der Waals surface area contributed by atoms with Crippen LogP contribution in [0.25, 0.3) is 0 Å². The van der Waals surface area contributed by atoms with Gasteiger partial charge in [-0.25, -0.2) is 4.39 Å². The van der Waals surface area contributed by atoms with Crippen molar-refractivity contribution in [3.05, 3.63) is 34.6 Å². The van der Waals surface area contributed by atoms with E-state index in [1.54, 1.807) is 0 Å². The van der Waals surface area contributed by atoms with E-state index in [2.05, 4.69) is 0 Å². The minimum Gasteiger partial charge on any atom is -0.321 e. The fraction of sp³-hybridized carbons (Fsp3) is 0.462. The molecule has 0 bridgehead atoms. The van der Waals surface area contributed by atoms with Crippen LogP contribution in [0.1, 0.15) is 25.8 Å². The minimum atomic E-state index is -0.515. The van der Waals surface area contributed by atoms with Gasteiger partial charge in [-0.15, -0.1) is 0 Å². The van der Waals surface area contributed by atoms with Gasteiger partial charge in [-0.1, -0.05) is 31.9 Å². The molecule has 4 heteroatoms. The third kappa shape index (κ3) is 3.79. The summed E-state index contributed by atoms with van der Waals surface area (Å²) in [6, 6.07) is 3.49. The Morgan fingerprint density at radius 3 is 2.76 bits per heavy atom. The molecule has 2 nitrogen and oxygen atoms in total. The van der Waals surface area contributed by atoms with Gasteiger partial charge in [0, 0.05) is 11.4 Å². The van der Waals surface area contributed by atoms with Gasteiger partial charge in [-0.3, -0.25) is 4.79 Å².